The van der Waals surface area contributed by atoms with Crippen LogP contribution in [0.1, 0.15) is 27.4 Å². The number of thiazole rings is 1. The molecule has 1 saturated heterocycles. The predicted octanol–water partition coefficient (Wildman–Crippen LogP) is 4.17. The molecule has 4 rings (SSSR count). The van der Waals surface area contributed by atoms with Gasteiger partial charge in [-0.1, -0.05) is 23.8 Å². The second-order valence-corrected chi connectivity index (χ2v) is 11.8. The van der Waals surface area contributed by atoms with Gasteiger partial charge in [0, 0.05) is 31.6 Å². The molecule has 1 aliphatic heterocycles. The van der Waals surface area contributed by atoms with Crippen molar-refractivity contribution in [3.63, 3.8) is 0 Å². The number of sulfonamides is 1. The zero-order chi connectivity index (χ0) is 24.8. The Hall–Kier alpha value is -2.30. The maximum atomic E-state index is 13.5. The van der Waals surface area contributed by atoms with Gasteiger partial charge in [-0.3, -0.25) is 4.90 Å². The molecule has 188 valence electrons. The second kappa shape index (κ2) is 11.6. The third-order valence-corrected chi connectivity index (χ3v) is 8.94. The van der Waals surface area contributed by atoms with Crippen LogP contribution < -0.4 is 4.74 Å². The van der Waals surface area contributed by atoms with Gasteiger partial charge >= 0.3 is 0 Å². The minimum absolute atomic E-state index is 0.223. The van der Waals surface area contributed by atoms with Gasteiger partial charge in [-0.25, -0.2) is 13.4 Å². The van der Waals surface area contributed by atoms with Crippen LogP contribution >= 0.6 is 11.3 Å². The van der Waals surface area contributed by atoms with E-state index >= 15 is 0 Å². The molecule has 7 nitrogen and oxygen atoms in total. The minimum atomic E-state index is -3.66. The number of aromatic nitrogens is 1. The highest BCUT2D eigenvalue weighted by molar-refractivity contribution is 7.89. The first kappa shape index (κ1) is 25.8. The van der Waals surface area contributed by atoms with E-state index in [1.54, 1.807) is 12.1 Å². The lowest BCUT2D eigenvalue weighted by Crippen LogP contribution is -2.42. The second-order valence-electron chi connectivity index (χ2n) is 8.87. The molecule has 1 aliphatic rings. The third-order valence-electron chi connectivity index (χ3n) is 6.21. The molecule has 35 heavy (non-hydrogen) atoms. The van der Waals surface area contributed by atoms with Crippen molar-refractivity contribution in [1.29, 1.82) is 0 Å². The summed E-state index contributed by atoms with van der Waals surface area (Å²) in [7, 11) is -3.66. The molecule has 0 amide bonds. The Labute approximate surface area is 212 Å². The van der Waals surface area contributed by atoms with E-state index in [0.717, 1.165) is 35.1 Å². The van der Waals surface area contributed by atoms with Gasteiger partial charge < -0.3 is 9.47 Å². The Morgan fingerprint density at radius 3 is 2.51 bits per heavy atom. The fourth-order valence-electron chi connectivity index (χ4n) is 3.84. The quantitative estimate of drug-likeness (QED) is 0.404. The van der Waals surface area contributed by atoms with Crippen LogP contribution in [0.15, 0.2) is 52.7 Å². The molecule has 3 aromatic rings. The smallest absolute Gasteiger partial charge is 0.243 e. The van der Waals surface area contributed by atoms with Gasteiger partial charge in [-0.15, -0.1) is 11.3 Å². The van der Waals surface area contributed by atoms with Gasteiger partial charge in [-0.05, 0) is 56.2 Å². The van der Waals surface area contributed by atoms with Crippen LogP contribution in [0.4, 0.5) is 0 Å². The molecule has 9 heteroatoms. The van der Waals surface area contributed by atoms with E-state index in [2.05, 4.69) is 23.7 Å². The van der Waals surface area contributed by atoms with E-state index < -0.39 is 10.0 Å². The summed E-state index contributed by atoms with van der Waals surface area (Å²) in [5.41, 5.74) is 4.16. The molecule has 0 saturated carbocycles. The van der Waals surface area contributed by atoms with E-state index in [9.17, 15) is 8.42 Å². The summed E-state index contributed by atoms with van der Waals surface area (Å²) in [6.45, 7) is 10.7. The highest BCUT2D eigenvalue weighted by Gasteiger charge is 2.26. The van der Waals surface area contributed by atoms with Crippen LogP contribution in [-0.4, -0.2) is 62.0 Å². The highest BCUT2D eigenvalue weighted by atomic mass is 32.2. The molecule has 0 spiro atoms. The van der Waals surface area contributed by atoms with Crippen molar-refractivity contribution in [2.24, 2.45) is 0 Å². The number of benzene rings is 2. The largest absolute Gasteiger partial charge is 0.486 e. The van der Waals surface area contributed by atoms with Crippen molar-refractivity contribution in [3.8, 4) is 5.75 Å². The van der Waals surface area contributed by atoms with E-state index in [1.807, 2.05) is 42.6 Å². The summed E-state index contributed by atoms with van der Waals surface area (Å²) in [6, 6.07) is 13.0. The average molecular weight is 516 g/mol. The molecule has 0 N–H and O–H groups in total. The SMILES string of the molecule is Cc1ccc(S(=O)(=O)N(CCN2CCOCC2)Cc2csc(COc3ccc(C)c(C)c3)n2)cc1. The summed E-state index contributed by atoms with van der Waals surface area (Å²) in [6.07, 6.45) is 0. The Balaban J connectivity index is 1.46. The van der Waals surface area contributed by atoms with E-state index in [4.69, 9.17) is 9.47 Å². The number of nitrogens with zero attached hydrogens (tertiary/aromatic N) is 3. The van der Waals surface area contributed by atoms with Crippen LogP contribution in [-0.2, 0) is 27.9 Å². The number of ether oxygens (including phenoxy) is 2. The Morgan fingerprint density at radius 1 is 1.06 bits per heavy atom. The molecule has 2 aromatic carbocycles. The number of aryl methyl sites for hydroxylation is 3. The number of hydrogen-bond donors (Lipinski definition) is 0. The van der Waals surface area contributed by atoms with Crippen LogP contribution in [0, 0.1) is 20.8 Å². The molecule has 0 aliphatic carbocycles. The monoisotopic (exact) mass is 515 g/mol. The third kappa shape index (κ3) is 6.89. The van der Waals surface area contributed by atoms with Crippen LogP contribution in [0.25, 0.3) is 0 Å². The van der Waals surface area contributed by atoms with Crippen molar-refractivity contribution < 1.29 is 17.9 Å². The van der Waals surface area contributed by atoms with Gasteiger partial charge in [0.2, 0.25) is 10.0 Å². The zero-order valence-corrected chi connectivity index (χ0v) is 22.2. The highest BCUT2D eigenvalue weighted by Crippen LogP contribution is 2.22. The predicted molar refractivity (Wildman–Crippen MR) is 138 cm³/mol. The Kier molecular flexibility index (Phi) is 8.56. The fourth-order valence-corrected chi connectivity index (χ4v) is 5.94. The van der Waals surface area contributed by atoms with Gasteiger partial charge in [0.1, 0.15) is 17.4 Å². The van der Waals surface area contributed by atoms with Crippen molar-refractivity contribution in [1.82, 2.24) is 14.2 Å². The molecule has 2 heterocycles. The van der Waals surface area contributed by atoms with E-state index in [-0.39, 0.29) is 6.54 Å². The van der Waals surface area contributed by atoms with Crippen LogP contribution in [0.2, 0.25) is 0 Å². The maximum absolute atomic E-state index is 13.5. The first-order valence-electron chi connectivity index (χ1n) is 11.8. The van der Waals surface area contributed by atoms with Gasteiger partial charge in [0.25, 0.3) is 0 Å². The van der Waals surface area contributed by atoms with Crippen molar-refractivity contribution in [3.05, 3.63) is 75.2 Å². The lowest BCUT2D eigenvalue weighted by atomic mass is 10.1. The zero-order valence-electron chi connectivity index (χ0n) is 20.6. The summed E-state index contributed by atoms with van der Waals surface area (Å²) in [5.74, 6) is 0.805. The summed E-state index contributed by atoms with van der Waals surface area (Å²) in [4.78, 5) is 7.22. The molecular formula is C26H33N3O4S2. The number of rotatable bonds is 10. The van der Waals surface area contributed by atoms with Crippen molar-refractivity contribution in [2.45, 2.75) is 38.8 Å². The molecular weight excluding hydrogens is 482 g/mol. The normalized spacial score (nSPS) is 15.0. The summed E-state index contributed by atoms with van der Waals surface area (Å²) in [5, 5.41) is 2.74. The first-order valence-corrected chi connectivity index (χ1v) is 14.1. The topological polar surface area (TPSA) is 72.0 Å². The number of hydrogen-bond acceptors (Lipinski definition) is 7. The standard InChI is InChI=1S/C26H33N3O4S2/c1-20-4-8-25(9-5-20)35(30,31)29(11-10-28-12-14-32-15-13-28)17-23-19-34-26(27-23)18-33-24-7-6-21(2)22(3)16-24/h4-9,16,19H,10-15,17-18H2,1-3H3. The van der Waals surface area contributed by atoms with Crippen molar-refractivity contribution in [2.75, 3.05) is 39.4 Å². The summed E-state index contributed by atoms with van der Waals surface area (Å²) < 4.78 is 39.9. The molecule has 1 fully saturated rings. The molecule has 0 bridgehead atoms. The first-order chi connectivity index (χ1) is 16.8. The van der Waals surface area contributed by atoms with Gasteiger partial charge in [-0.2, -0.15) is 4.31 Å². The van der Waals surface area contributed by atoms with E-state index in [1.165, 1.54) is 26.8 Å². The molecule has 0 unspecified atom stereocenters. The Bertz CT molecular complexity index is 1220. The molecule has 1 aromatic heterocycles. The van der Waals surface area contributed by atoms with Gasteiger partial charge in [0.05, 0.1) is 30.3 Å². The lowest BCUT2D eigenvalue weighted by molar-refractivity contribution is 0.0361. The van der Waals surface area contributed by atoms with Crippen LogP contribution in [0.5, 0.6) is 5.75 Å². The number of morpholine rings is 1. The minimum Gasteiger partial charge on any atom is -0.486 e. The summed E-state index contributed by atoms with van der Waals surface area (Å²) >= 11 is 1.49. The van der Waals surface area contributed by atoms with E-state index in [0.29, 0.717) is 37.8 Å². The lowest BCUT2D eigenvalue weighted by Gasteiger charge is -2.29. The molecule has 0 radical (unpaired) electrons. The maximum Gasteiger partial charge on any atom is 0.243 e. The average Bonchev–Trinajstić information content (AvgIpc) is 3.31. The Morgan fingerprint density at radius 2 is 1.80 bits per heavy atom. The van der Waals surface area contributed by atoms with Crippen LogP contribution in [0.3, 0.4) is 0 Å². The fraction of sp³-hybridized carbons (Fsp3) is 0.423. The van der Waals surface area contributed by atoms with Crippen molar-refractivity contribution >= 4 is 21.4 Å². The molecule has 0 atom stereocenters. The van der Waals surface area contributed by atoms with Gasteiger partial charge in [0.15, 0.2) is 0 Å².